The van der Waals surface area contributed by atoms with Gasteiger partial charge in [0.1, 0.15) is 12.4 Å². The Morgan fingerprint density at radius 3 is 2.60 bits per heavy atom. The predicted molar refractivity (Wildman–Crippen MR) is 99.3 cm³/mol. The second-order valence-corrected chi connectivity index (χ2v) is 6.77. The molecule has 0 saturated carbocycles. The molecule has 1 heterocycles. The van der Waals surface area contributed by atoms with Gasteiger partial charge in [0, 0.05) is 31.2 Å². The number of hydrogen-bond donors (Lipinski definition) is 0. The largest absolute Gasteiger partial charge is 0.492 e. The Labute approximate surface area is 150 Å². The molecule has 0 unspecified atom stereocenters. The number of amides is 1. The van der Waals surface area contributed by atoms with Crippen molar-refractivity contribution in [1.82, 2.24) is 9.80 Å². The molecule has 0 spiro atoms. The smallest absolute Gasteiger partial charge is 0.237 e. The normalized spacial score (nSPS) is 14.5. The molecule has 0 fully saturated rings. The van der Waals surface area contributed by atoms with Gasteiger partial charge >= 0.3 is 0 Å². The SMILES string of the molecule is CC(C)N(Cc1ccccc1)C(=O)CN1CCOc2ccccc2C1. The summed E-state index contributed by atoms with van der Waals surface area (Å²) in [5.41, 5.74) is 2.31. The van der Waals surface area contributed by atoms with E-state index < -0.39 is 0 Å². The van der Waals surface area contributed by atoms with Crippen LogP contribution in [0.15, 0.2) is 54.6 Å². The van der Waals surface area contributed by atoms with Crippen LogP contribution in [0.4, 0.5) is 0 Å². The maximum absolute atomic E-state index is 12.9. The van der Waals surface area contributed by atoms with Gasteiger partial charge in [0.05, 0.1) is 6.54 Å². The molecule has 4 nitrogen and oxygen atoms in total. The van der Waals surface area contributed by atoms with Gasteiger partial charge in [-0.1, -0.05) is 48.5 Å². The minimum atomic E-state index is 0.165. The van der Waals surface area contributed by atoms with Gasteiger partial charge in [0.25, 0.3) is 0 Å². The zero-order valence-electron chi connectivity index (χ0n) is 15.0. The van der Waals surface area contributed by atoms with Crippen molar-refractivity contribution in [2.45, 2.75) is 33.0 Å². The fraction of sp³-hybridized carbons (Fsp3) is 0.381. The molecule has 0 radical (unpaired) electrons. The molecule has 1 aliphatic heterocycles. The lowest BCUT2D eigenvalue weighted by Gasteiger charge is -2.29. The highest BCUT2D eigenvalue weighted by Crippen LogP contribution is 2.22. The van der Waals surface area contributed by atoms with E-state index in [2.05, 4.69) is 36.9 Å². The first-order valence-electron chi connectivity index (χ1n) is 8.90. The van der Waals surface area contributed by atoms with E-state index in [0.717, 1.165) is 30.0 Å². The maximum Gasteiger partial charge on any atom is 0.237 e. The summed E-state index contributed by atoms with van der Waals surface area (Å²) in [5, 5.41) is 0. The first kappa shape index (κ1) is 17.5. The summed E-state index contributed by atoms with van der Waals surface area (Å²) >= 11 is 0. The van der Waals surface area contributed by atoms with E-state index in [4.69, 9.17) is 4.74 Å². The van der Waals surface area contributed by atoms with E-state index in [1.165, 1.54) is 0 Å². The van der Waals surface area contributed by atoms with Crippen LogP contribution in [0.1, 0.15) is 25.0 Å². The summed E-state index contributed by atoms with van der Waals surface area (Å²) in [7, 11) is 0. The maximum atomic E-state index is 12.9. The number of carbonyl (C=O) groups is 1. The molecule has 4 heteroatoms. The van der Waals surface area contributed by atoms with Crippen molar-refractivity contribution in [2.24, 2.45) is 0 Å². The van der Waals surface area contributed by atoms with Crippen molar-refractivity contribution in [2.75, 3.05) is 19.7 Å². The molecule has 0 aromatic heterocycles. The third-order valence-corrected chi connectivity index (χ3v) is 4.53. The lowest BCUT2D eigenvalue weighted by Crippen LogP contribution is -2.43. The number of hydrogen-bond acceptors (Lipinski definition) is 3. The molecule has 2 aromatic rings. The van der Waals surface area contributed by atoms with E-state index in [1.54, 1.807) is 0 Å². The second-order valence-electron chi connectivity index (χ2n) is 6.77. The van der Waals surface area contributed by atoms with E-state index in [9.17, 15) is 4.79 Å². The fourth-order valence-electron chi connectivity index (χ4n) is 3.14. The highest BCUT2D eigenvalue weighted by atomic mass is 16.5. The van der Waals surface area contributed by atoms with E-state index in [1.807, 2.05) is 41.3 Å². The molecule has 0 bridgehead atoms. The van der Waals surface area contributed by atoms with E-state index in [-0.39, 0.29) is 11.9 Å². The van der Waals surface area contributed by atoms with Gasteiger partial charge < -0.3 is 9.64 Å². The molecular formula is C21H26N2O2. The van der Waals surface area contributed by atoms with Gasteiger partial charge in [0.2, 0.25) is 5.91 Å². The van der Waals surface area contributed by atoms with Gasteiger partial charge in [-0.25, -0.2) is 0 Å². The zero-order valence-corrected chi connectivity index (χ0v) is 15.0. The van der Waals surface area contributed by atoms with Crippen LogP contribution in [0, 0.1) is 0 Å². The number of ether oxygens (including phenoxy) is 1. The van der Waals surface area contributed by atoms with Crippen molar-refractivity contribution in [3.05, 3.63) is 65.7 Å². The lowest BCUT2D eigenvalue weighted by molar-refractivity contribution is -0.135. The van der Waals surface area contributed by atoms with Crippen molar-refractivity contribution >= 4 is 5.91 Å². The highest BCUT2D eigenvalue weighted by Gasteiger charge is 2.22. The quantitative estimate of drug-likeness (QED) is 0.838. The molecule has 0 N–H and O–H groups in total. The topological polar surface area (TPSA) is 32.8 Å². The van der Waals surface area contributed by atoms with Crippen LogP contribution in [-0.4, -0.2) is 41.4 Å². The van der Waals surface area contributed by atoms with Crippen LogP contribution in [0.25, 0.3) is 0 Å². The van der Waals surface area contributed by atoms with Crippen LogP contribution < -0.4 is 4.74 Å². The van der Waals surface area contributed by atoms with Gasteiger partial charge in [-0.15, -0.1) is 0 Å². The molecule has 1 aliphatic rings. The Morgan fingerprint density at radius 2 is 1.84 bits per heavy atom. The Balaban J connectivity index is 1.67. The van der Waals surface area contributed by atoms with E-state index in [0.29, 0.717) is 19.7 Å². The summed E-state index contributed by atoms with van der Waals surface area (Å²) in [6.07, 6.45) is 0. The lowest BCUT2D eigenvalue weighted by atomic mass is 10.1. The predicted octanol–water partition coefficient (Wildman–Crippen LogP) is 3.32. The summed E-state index contributed by atoms with van der Waals surface area (Å²) in [4.78, 5) is 17.1. The molecule has 25 heavy (non-hydrogen) atoms. The van der Waals surface area contributed by atoms with Gasteiger partial charge in [-0.3, -0.25) is 9.69 Å². The third-order valence-electron chi connectivity index (χ3n) is 4.53. The number of nitrogens with zero attached hydrogens (tertiary/aromatic N) is 2. The Kier molecular flexibility index (Phi) is 5.71. The summed E-state index contributed by atoms with van der Waals surface area (Å²) in [5.74, 6) is 1.10. The highest BCUT2D eigenvalue weighted by molar-refractivity contribution is 5.78. The summed E-state index contributed by atoms with van der Waals surface area (Å²) < 4.78 is 5.80. The minimum Gasteiger partial charge on any atom is -0.492 e. The Morgan fingerprint density at radius 1 is 1.12 bits per heavy atom. The summed E-state index contributed by atoms with van der Waals surface area (Å²) in [6.45, 7) is 7.34. The monoisotopic (exact) mass is 338 g/mol. The van der Waals surface area contributed by atoms with Gasteiger partial charge in [-0.2, -0.15) is 0 Å². The van der Waals surface area contributed by atoms with Gasteiger partial charge in [-0.05, 0) is 25.5 Å². The first-order chi connectivity index (χ1) is 12.1. The van der Waals surface area contributed by atoms with Crippen molar-refractivity contribution < 1.29 is 9.53 Å². The number of fused-ring (bicyclic) bond motifs is 1. The molecule has 2 aromatic carbocycles. The third kappa shape index (κ3) is 4.60. The minimum absolute atomic E-state index is 0.165. The van der Waals surface area contributed by atoms with Crippen molar-refractivity contribution in [3.8, 4) is 5.75 Å². The van der Waals surface area contributed by atoms with Crippen LogP contribution in [0.3, 0.4) is 0 Å². The van der Waals surface area contributed by atoms with Crippen LogP contribution in [0.5, 0.6) is 5.75 Å². The van der Waals surface area contributed by atoms with Crippen LogP contribution in [-0.2, 0) is 17.9 Å². The first-order valence-corrected chi connectivity index (χ1v) is 8.90. The van der Waals surface area contributed by atoms with Crippen molar-refractivity contribution in [1.29, 1.82) is 0 Å². The van der Waals surface area contributed by atoms with Crippen molar-refractivity contribution in [3.63, 3.8) is 0 Å². The second kappa shape index (κ2) is 8.17. The molecule has 132 valence electrons. The molecule has 0 atom stereocenters. The molecule has 3 rings (SSSR count). The van der Waals surface area contributed by atoms with Crippen LogP contribution >= 0.6 is 0 Å². The molecule has 1 amide bonds. The number of rotatable bonds is 5. The number of benzene rings is 2. The molecule has 0 saturated heterocycles. The zero-order chi connectivity index (χ0) is 17.6. The molecular weight excluding hydrogens is 312 g/mol. The summed E-state index contributed by atoms with van der Waals surface area (Å²) in [6, 6.07) is 18.4. The standard InChI is InChI=1S/C21H26N2O2/c1-17(2)23(14-18-8-4-3-5-9-18)21(24)16-22-12-13-25-20-11-7-6-10-19(20)15-22/h3-11,17H,12-16H2,1-2H3. The van der Waals surface area contributed by atoms with Crippen LogP contribution in [0.2, 0.25) is 0 Å². The van der Waals surface area contributed by atoms with E-state index >= 15 is 0 Å². The average molecular weight is 338 g/mol. The Hall–Kier alpha value is -2.33. The Bertz CT molecular complexity index is 700. The average Bonchev–Trinajstić information content (AvgIpc) is 2.81. The number of carbonyl (C=O) groups excluding carboxylic acids is 1. The fourth-order valence-corrected chi connectivity index (χ4v) is 3.14. The molecule has 0 aliphatic carbocycles. The van der Waals surface area contributed by atoms with Gasteiger partial charge in [0.15, 0.2) is 0 Å². The number of para-hydroxylation sites is 1.